The average molecular weight is 225 g/mol. The Balaban J connectivity index is 2.26. The van der Waals surface area contributed by atoms with E-state index in [4.69, 9.17) is 12.2 Å². The van der Waals surface area contributed by atoms with Crippen LogP contribution in [0, 0.1) is 10.7 Å². The minimum absolute atomic E-state index is 0.591. The molecule has 1 fully saturated rings. The maximum Gasteiger partial charge on any atom is 0.195 e. The first kappa shape index (κ1) is 10.9. The van der Waals surface area contributed by atoms with Gasteiger partial charge in [0.15, 0.2) is 4.77 Å². The number of aromatic amines is 1. The molecule has 2 rings (SSSR count). The molecule has 0 saturated heterocycles. The lowest BCUT2D eigenvalue weighted by Crippen LogP contribution is -2.09. The first-order valence-corrected chi connectivity index (χ1v) is 6.29. The van der Waals surface area contributed by atoms with Crippen LogP contribution < -0.4 is 0 Å². The summed E-state index contributed by atoms with van der Waals surface area (Å²) in [6.45, 7) is 4.50. The van der Waals surface area contributed by atoms with Gasteiger partial charge >= 0.3 is 0 Å². The van der Waals surface area contributed by atoms with Gasteiger partial charge in [0, 0.05) is 12.5 Å². The molecule has 1 N–H and O–H groups in total. The van der Waals surface area contributed by atoms with E-state index < -0.39 is 0 Å². The first-order chi connectivity index (χ1) is 7.22. The van der Waals surface area contributed by atoms with Crippen LogP contribution in [0.5, 0.6) is 0 Å². The number of hydrogen-bond acceptors (Lipinski definition) is 2. The molecule has 1 saturated carbocycles. The van der Waals surface area contributed by atoms with Crippen LogP contribution in [0.4, 0.5) is 0 Å². The van der Waals surface area contributed by atoms with Crippen molar-refractivity contribution < 1.29 is 0 Å². The third kappa shape index (κ3) is 2.14. The van der Waals surface area contributed by atoms with Gasteiger partial charge in [0.1, 0.15) is 5.82 Å². The number of hydrogen-bond donors (Lipinski definition) is 1. The maximum absolute atomic E-state index is 5.31. The predicted octanol–water partition coefficient (Wildman–Crippen LogP) is 3.25. The van der Waals surface area contributed by atoms with Crippen LogP contribution in [0.3, 0.4) is 0 Å². The Morgan fingerprint density at radius 2 is 2.33 bits per heavy atom. The molecule has 1 aromatic rings. The van der Waals surface area contributed by atoms with Crippen molar-refractivity contribution in [1.82, 2.24) is 14.8 Å². The molecule has 1 aromatic heterocycles. The molecule has 2 unspecified atom stereocenters. The predicted molar refractivity (Wildman–Crippen MR) is 63.5 cm³/mol. The van der Waals surface area contributed by atoms with Crippen LogP contribution in [-0.4, -0.2) is 14.8 Å². The summed E-state index contributed by atoms with van der Waals surface area (Å²) in [5, 5.41) is 7.25. The third-order valence-corrected chi connectivity index (χ3v) is 3.57. The second-order valence-corrected chi connectivity index (χ2v) is 5.02. The van der Waals surface area contributed by atoms with Gasteiger partial charge in [0.05, 0.1) is 0 Å². The highest BCUT2D eigenvalue weighted by atomic mass is 32.1. The van der Waals surface area contributed by atoms with Gasteiger partial charge in [0.2, 0.25) is 0 Å². The lowest BCUT2D eigenvalue weighted by molar-refractivity contribution is 0.470. The fourth-order valence-corrected chi connectivity index (χ4v) is 2.83. The van der Waals surface area contributed by atoms with Gasteiger partial charge in [-0.2, -0.15) is 5.10 Å². The van der Waals surface area contributed by atoms with E-state index in [0.29, 0.717) is 6.04 Å². The molecule has 0 aromatic carbocycles. The smallest absolute Gasteiger partial charge is 0.195 e. The number of H-pyrrole nitrogens is 1. The normalized spacial score (nSPS) is 26.0. The molecule has 0 bridgehead atoms. The Labute approximate surface area is 95.9 Å². The Hall–Kier alpha value is -0.640. The molecule has 1 aliphatic carbocycles. The molecule has 0 radical (unpaired) electrons. The van der Waals surface area contributed by atoms with Gasteiger partial charge in [-0.3, -0.25) is 5.10 Å². The molecule has 4 heteroatoms. The van der Waals surface area contributed by atoms with Crippen molar-refractivity contribution in [1.29, 1.82) is 0 Å². The first-order valence-electron chi connectivity index (χ1n) is 5.88. The van der Waals surface area contributed by atoms with Crippen LogP contribution >= 0.6 is 12.2 Å². The molecule has 0 aliphatic heterocycles. The van der Waals surface area contributed by atoms with Crippen molar-refractivity contribution in [3.63, 3.8) is 0 Å². The minimum atomic E-state index is 0.591. The largest absolute Gasteiger partial charge is 0.301 e. The summed E-state index contributed by atoms with van der Waals surface area (Å²) in [5.74, 6) is 1.97. The number of rotatable bonds is 3. The SMILES string of the molecule is CCCc1n[nH]c(=S)n1C1CCC(C)C1. The molecular formula is C11H19N3S. The van der Waals surface area contributed by atoms with E-state index in [1.807, 2.05) is 0 Å². The molecule has 2 atom stereocenters. The van der Waals surface area contributed by atoms with Gasteiger partial charge in [-0.15, -0.1) is 0 Å². The fraction of sp³-hybridized carbons (Fsp3) is 0.818. The molecule has 3 nitrogen and oxygen atoms in total. The number of nitrogens with zero attached hydrogens (tertiary/aromatic N) is 2. The van der Waals surface area contributed by atoms with Crippen LogP contribution in [-0.2, 0) is 6.42 Å². The van der Waals surface area contributed by atoms with E-state index in [1.165, 1.54) is 19.3 Å². The Kier molecular flexibility index (Phi) is 3.24. The van der Waals surface area contributed by atoms with E-state index >= 15 is 0 Å². The number of aryl methyl sites for hydroxylation is 1. The van der Waals surface area contributed by atoms with Crippen molar-refractivity contribution in [2.75, 3.05) is 0 Å². The second-order valence-electron chi connectivity index (χ2n) is 4.64. The van der Waals surface area contributed by atoms with Gasteiger partial charge in [-0.25, -0.2) is 0 Å². The Bertz CT molecular complexity index is 379. The molecule has 1 aliphatic rings. The topological polar surface area (TPSA) is 33.6 Å². The van der Waals surface area contributed by atoms with Crippen molar-refractivity contribution in [2.24, 2.45) is 5.92 Å². The zero-order chi connectivity index (χ0) is 10.8. The standard InChI is InChI=1S/C11H19N3S/c1-3-4-10-12-13-11(15)14(10)9-6-5-8(2)7-9/h8-9H,3-7H2,1-2H3,(H,13,15). The summed E-state index contributed by atoms with van der Waals surface area (Å²) in [6, 6.07) is 0.591. The van der Waals surface area contributed by atoms with Crippen molar-refractivity contribution in [3.8, 4) is 0 Å². The van der Waals surface area contributed by atoms with Crippen LogP contribution in [0.15, 0.2) is 0 Å². The van der Waals surface area contributed by atoms with Crippen LogP contribution in [0.1, 0.15) is 51.4 Å². The minimum Gasteiger partial charge on any atom is -0.301 e. The van der Waals surface area contributed by atoms with Gasteiger partial charge in [0.25, 0.3) is 0 Å². The molecular weight excluding hydrogens is 206 g/mol. The third-order valence-electron chi connectivity index (χ3n) is 3.28. The van der Waals surface area contributed by atoms with Gasteiger partial charge in [-0.05, 0) is 43.8 Å². The summed E-state index contributed by atoms with van der Waals surface area (Å²) in [4.78, 5) is 0. The van der Waals surface area contributed by atoms with Gasteiger partial charge < -0.3 is 4.57 Å². The van der Waals surface area contributed by atoms with Crippen molar-refractivity contribution >= 4 is 12.2 Å². The highest BCUT2D eigenvalue weighted by Crippen LogP contribution is 2.34. The van der Waals surface area contributed by atoms with Crippen molar-refractivity contribution in [3.05, 3.63) is 10.6 Å². The van der Waals surface area contributed by atoms with E-state index in [-0.39, 0.29) is 0 Å². The molecule has 0 spiro atoms. The highest BCUT2D eigenvalue weighted by Gasteiger charge is 2.25. The lowest BCUT2D eigenvalue weighted by Gasteiger charge is -2.13. The molecule has 15 heavy (non-hydrogen) atoms. The zero-order valence-electron chi connectivity index (χ0n) is 9.49. The van der Waals surface area contributed by atoms with Crippen molar-refractivity contribution in [2.45, 2.75) is 52.0 Å². The van der Waals surface area contributed by atoms with Gasteiger partial charge in [-0.1, -0.05) is 13.8 Å². The summed E-state index contributed by atoms with van der Waals surface area (Å²) >= 11 is 5.31. The quantitative estimate of drug-likeness (QED) is 0.801. The molecule has 0 amide bonds. The summed E-state index contributed by atoms with van der Waals surface area (Å²) in [6.07, 6.45) is 5.99. The number of nitrogens with one attached hydrogen (secondary N) is 1. The number of aromatic nitrogens is 3. The highest BCUT2D eigenvalue weighted by molar-refractivity contribution is 7.71. The van der Waals surface area contributed by atoms with E-state index in [1.54, 1.807) is 0 Å². The lowest BCUT2D eigenvalue weighted by atomic mass is 10.1. The average Bonchev–Trinajstić information content (AvgIpc) is 2.74. The Morgan fingerprint density at radius 1 is 1.53 bits per heavy atom. The monoisotopic (exact) mass is 225 g/mol. The molecule has 84 valence electrons. The fourth-order valence-electron chi connectivity index (χ4n) is 2.53. The van der Waals surface area contributed by atoms with E-state index in [9.17, 15) is 0 Å². The van der Waals surface area contributed by atoms with Crippen LogP contribution in [0.2, 0.25) is 0 Å². The molecule has 1 heterocycles. The maximum atomic E-state index is 5.31. The summed E-state index contributed by atoms with van der Waals surface area (Å²) < 4.78 is 3.06. The summed E-state index contributed by atoms with van der Waals surface area (Å²) in [5.41, 5.74) is 0. The van der Waals surface area contributed by atoms with E-state index in [2.05, 4.69) is 28.6 Å². The van der Waals surface area contributed by atoms with E-state index in [0.717, 1.165) is 29.4 Å². The van der Waals surface area contributed by atoms with Crippen LogP contribution in [0.25, 0.3) is 0 Å². The summed E-state index contributed by atoms with van der Waals surface area (Å²) in [7, 11) is 0. The Morgan fingerprint density at radius 3 is 2.93 bits per heavy atom. The second kappa shape index (κ2) is 4.47. The zero-order valence-corrected chi connectivity index (χ0v) is 10.3.